The van der Waals surface area contributed by atoms with Crippen LogP contribution in [0.3, 0.4) is 0 Å². The molecular weight excluding hydrogens is 418 g/mol. The van der Waals surface area contributed by atoms with Crippen LogP contribution in [0.2, 0.25) is 0 Å². The molecule has 172 valence electrons. The lowest BCUT2D eigenvalue weighted by Gasteiger charge is -2.46. The Balaban J connectivity index is 1.30. The molecule has 3 aromatic rings. The van der Waals surface area contributed by atoms with E-state index in [0.717, 1.165) is 17.0 Å². The van der Waals surface area contributed by atoms with E-state index in [0.29, 0.717) is 51.5 Å². The summed E-state index contributed by atoms with van der Waals surface area (Å²) in [5.74, 6) is 0.991. The second kappa shape index (κ2) is 8.59. The summed E-state index contributed by atoms with van der Waals surface area (Å²) in [5.41, 5.74) is 2.27. The van der Waals surface area contributed by atoms with E-state index in [1.165, 1.54) is 10.7 Å². The number of ether oxygens (including phenoxy) is 1. The molecule has 0 atom stereocenters. The maximum atomic E-state index is 13.6. The molecule has 0 radical (unpaired) electrons. The van der Waals surface area contributed by atoms with Crippen molar-refractivity contribution >= 4 is 5.91 Å². The van der Waals surface area contributed by atoms with E-state index in [1.54, 1.807) is 10.7 Å². The number of aromatic nitrogens is 4. The molecule has 2 aromatic heterocycles. The van der Waals surface area contributed by atoms with Gasteiger partial charge < -0.3 is 9.64 Å². The van der Waals surface area contributed by atoms with Crippen molar-refractivity contribution in [1.82, 2.24) is 24.5 Å². The molecule has 2 saturated heterocycles. The number of rotatable bonds is 5. The highest BCUT2D eigenvalue weighted by atomic mass is 16.5. The minimum atomic E-state index is -0.519. The molecule has 0 aliphatic carbocycles. The highest BCUT2D eigenvalue weighted by Gasteiger charge is 2.46. The third-order valence-corrected chi connectivity index (χ3v) is 6.84. The van der Waals surface area contributed by atoms with Gasteiger partial charge in [0.1, 0.15) is 0 Å². The summed E-state index contributed by atoms with van der Waals surface area (Å²) < 4.78 is 8.82. The van der Waals surface area contributed by atoms with Gasteiger partial charge in [0.2, 0.25) is 5.91 Å². The number of benzene rings is 1. The molecule has 0 saturated carbocycles. The van der Waals surface area contributed by atoms with Crippen LogP contribution in [0.4, 0.5) is 0 Å². The largest absolute Gasteiger partial charge is 0.381 e. The van der Waals surface area contributed by atoms with Crippen LogP contribution >= 0.6 is 0 Å². The highest BCUT2D eigenvalue weighted by molar-refractivity contribution is 5.89. The van der Waals surface area contributed by atoms with Gasteiger partial charge in [-0.3, -0.25) is 9.59 Å². The quantitative estimate of drug-likeness (QED) is 0.599. The van der Waals surface area contributed by atoms with Gasteiger partial charge in [0.25, 0.3) is 5.56 Å². The summed E-state index contributed by atoms with van der Waals surface area (Å²) in [5, 5.41) is 9.01. The van der Waals surface area contributed by atoms with Crippen molar-refractivity contribution in [3.63, 3.8) is 0 Å². The third kappa shape index (κ3) is 3.99. The lowest BCUT2D eigenvalue weighted by molar-refractivity contribution is -0.148. The predicted molar refractivity (Wildman–Crippen MR) is 123 cm³/mol. The van der Waals surface area contributed by atoms with Crippen LogP contribution < -0.4 is 5.56 Å². The van der Waals surface area contributed by atoms with Gasteiger partial charge in [-0.05, 0) is 44.4 Å². The first-order valence-electron chi connectivity index (χ1n) is 11.5. The van der Waals surface area contributed by atoms with Crippen LogP contribution in [-0.2, 0) is 21.5 Å². The fourth-order valence-electron chi connectivity index (χ4n) is 5.04. The summed E-state index contributed by atoms with van der Waals surface area (Å²) in [6.07, 6.45) is 1.39. The van der Waals surface area contributed by atoms with Crippen LogP contribution in [0, 0.1) is 19.8 Å². The first-order chi connectivity index (χ1) is 16.0. The summed E-state index contributed by atoms with van der Waals surface area (Å²) in [7, 11) is 0. The Morgan fingerprint density at radius 1 is 1.06 bits per heavy atom. The van der Waals surface area contributed by atoms with Crippen molar-refractivity contribution in [3.05, 3.63) is 75.8 Å². The molecule has 8 nitrogen and oxygen atoms in total. The molecule has 0 N–H and O–H groups in total. The molecule has 5 rings (SSSR count). The van der Waals surface area contributed by atoms with E-state index in [4.69, 9.17) is 4.74 Å². The lowest BCUT2D eigenvalue weighted by atomic mass is 9.72. The molecule has 1 aromatic carbocycles. The fourth-order valence-corrected chi connectivity index (χ4v) is 5.04. The Hall–Kier alpha value is -3.26. The van der Waals surface area contributed by atoms with Gasteiger partial charge in [-0.15, -0.1) is 5.10 Å². The number of amides is 1. The number of likely N-dealkylation sites (tertiary alicyclic amines) is 1. The van der Waals surface area contributed by atoms with E-state index in [-0.39, 0.29) is 17.4 Å². The van der Waals surface area contributed by atoms with Crippen molar-refractivity contribution in [2.45, 2.75) is 38.6 Å². The number of nitrogens with zero attached hydrogens (tertiary/aromatic N) is 5. The molecule has 0 spiro atoms. The third-order valence-electron chi connectivity index (χ3n) is 6.84. The number of hydrogen-bond acceptors (Lipinski definition) is 5. The SMILES string of the molecule is Cc1cc(C)n(-c2ccc(=O)n(CC3CN(C(=O)C4(c5ccccc5)CCOCC4)C3)n2)n1. The maximum absolute atomic E-state index is 13.6. The lowest BCUT2D eigenvalue weighted by Crippen LogP contribution is -2.59. The van der Waals surface area contributed by atoms with Crippen molar-refractivity contribution in [3.8, 4) is 5.82 Å². The zero-order valence-corrected chi connectivity index (χ0v) is 19.1. The first-order valence-corrected chi connectivity index (χ1v) is 11.5. The van der Waals surface area contributed by atoms with Gasteiger partial charge >= 0.3 is 0 Å². The average Bonchev–Trinajstić information content (AvgIpc) is 3.15. The number of hydrogen-bond donors (Lipinski definition) is 0. The molecule has 2 fully saturated rings. The average molecular weight is 448 g/mol. The number of aryl methyl sites for hydroxylation is 2. The minimum Gasteiger partial charge on any atom is -0.381 e. The zero-order valence-electron chi connectivity index (χ0n) is 19.1. The topological polar surface area (TPSA) is 82.2 Å². The van der Waals surface area contributed by atoms with E-state index in [2.05, 4.69) is 22.3 Å². The molecule has 8 heteroatoms. The molecule has 2 aliphatic heterocycles. The normalized spacial score (nSPS) is 18.2. The van der Waals surface area contributed by atoms with E-state index in [9.17, 15) is 9.59 Å². The van der Waals surface area contributed by atoms with Gasteiger partial charge in [-0.2, -0.15) is 5.10 Å². The molecule has 0 unspecified atom stereocenters. The zero-order chi connectivity index (χ0) is 23.0. The minimum absolute atomic E-state index is 0.143. The Morgan fingerprint density at radius 3 is 2.45 bits per heavy atom. The molecule has 0 bridgehead atoms. The van der Waals surface area contributed by atoms with Crippen LogP contribution in [0.5, 0.6) is 0 Å². The van der Waals surface area contributed by atoms with Gasteiger partial charge in [0.15, 0.2) is 5.82 Å². The monoisotopic (exact) mass is 447 g/mol. The molecule has 4 heterocycles. The Bertz CT molecular complexity index is 1200. The molecule has 33 heavy (non-hydrogen) atoms. The summed E-state index contributed by atoms with van der Waals surface area (Å²) >= 11 is 0. The number of carbonyl (C=O) groups is 1. The summed E-state index contributed by atoms with van der Waals surface area (Å²) in [4.78, 5) is 28.0. The van der Waals surface area contributed by atoms with Gasteiger partial charge in [0, 0.05) is 44.0 Å². The fraction of sp³-hybridized carbons (Fsp3) is 0.440. The number of carbonyl (C=O) groups excluding carboxylic acids is 1. The van der Waals surface area contributed by atoms with Gasteiger partial charge in [-0.1, -0.05) is 30.3 Å². The van der Waals surface area contributed by atoms with Crippen molar-refractivity contribution in [1.29, 1.82) is 0 Å². The Labute approximate surface area is 192 Å². The standard InChI is InChI=1S/C25H29N5O3/c1-18-14-19(2)30(26-18)22-8-9-23(31)29(27-22)17-20-15-28(16-20)24(32)25(10-12-33-13-11-25)21-6-4-3-5-7-21/h3-9,14,20H,10-13,15-17H2,1-2H3. The second-order valence-corrected chi connectivity index (χ2v) is 9.19. The summed E-state index contributed by atoms with van der Waals surface area (Å²) in [6, 6.07) is 15.3. The van der Waals surface area contributed by atoms with Crippen LogP contribution in [-0.4, -0.2) is 56.7 Å². The van der Waals surface area contributed by atoms with E-state index < -0.39 is 5.41 Å². The van der Waals surface area contributed by atoms with Crippen LogP contribution in [0.25, 0.3) is 5.82 Å². The summed E-state index contributed by atoms with van der Waals surface area (Å²) in [6.45, 7) is 6.83. The van der Waals surface area contributed by atoms with Crippen LogP contribution in [0.1, 0.15) is 29.8 Å². The van der Waals surface area contributed by atoms with E-state index >= 15 is 0 Å². The molecule has 1 amide bonds. The second-order valence-electron chi connectivity index (χ2n) is 9.19. The smallest absolute Gasteiger partial charge is 0.266 e. The first kappa shape index (κ1) is 21.6. The van der Waals surface area contributed by atoms with Crippen molar-refractivity contribution in [2.75, 3.05) is 26.3 Å². The Kier molecular flexibility index (Phi) is 5.62. The van der Waals surface area contributed by atoms with Gasteiger partial charge in [-0.25, -0.2) is 9.36 Å². The van der Waals surface area contributed by atoms with E-state index in [1.807, 2.05) is 43.0 Å². The molecule has 2 aliphatic rings. The van der Waals surface area contributed by atoms with Crippen molar-refractivity contribution < 1.29 is 9.53 Å². The van der Waals surface area contributed by atoms with Crippen molar-refractivity contribution in [2.24, 2.45) is 5.92 Å². The Morgan fingerprint density at radius 2 is 1.79 bits per heavy atom. The highest BCUT2D eigenvalue weighted by Crippen LogP contribution is 2.38. The maximum Gasteiger partial charge on any atom is 0.266 e. The predicted octanol–water partition coefficient (Wildman–Crippen LogP) is 2.25. The van der Waals surface area contributed by atoms with Crippen LogP contribution in [0.15, 0.2) is 53.3 Å². The molecular formula is C25H29N5O3. The van der Waals surface area contributed by atoms with Gasteiger partial charge in [0.05, 0.1) is 17.7 Å².